The first-order valence-corrected chi connectivity index (χ1v) is 6.52. The third-order valence-corrected chi connectivity index (χ3v) is 3.05. The summed E-state index contributed by atoms with van der Waals surface area (Å²) in [4.78, 5) is 10.8. The van der Waals surface area contributed by atoms with Crippen molar-refractivity contribution in [1.82, 2.24) is 0 Å². The molecule has 0 bridgehead atoms. The summed E-state index contributed by atoms with van der Waals surface area (Å²) >= 11 is 0. The number of primary amides is 1. The first-order chi connectivity index (χ1) is 10.1. The normalized spacial score (nSPS) is 10.2. The molecule has 4 nitrogen and oxygen atoms in total. The van der Waals surface area contributed by atoms with Gasteiger partial charge in [0.1, 0.15) is 0 Å². The number of methoxy groups -OCH3 is 1. The molecule has 21 heavy (non-hydrogen) atoms. The highest BCUT2D eigenvalue weighted by Crippen LogP contribution is 2.18. The number of amides is 1. The van der Waals surface area contributed by atoms with Gasteiger partial charge in [-0.1, -0.05) is 18.2 Å². The molecule has 2 rings (SSSR count). The molecule has 0 unspecified atom stereocenters. The van der Waals surface area contributed by atoms with E-state index < -0.39 is 0 Å². The van der Waals surface area contributed by atoms with Gasteiger partial charge in [-0.3, -0.25) is 4.79 Å². The Bertz CT molecular complexity index is 627. The summed E-state index contributed by atoms with van der Waals surface area (Å²) < 4.78 is 18.4. The number of rotatable bonds is 6. The standard InChI is InChI=1S/C16H17FN2O2/c1-21-15-7-4-12(8-14(15)17)10-19-13-5-2-11(3-6-13)9-16(18)20/h2-8,19H,9-10H2,1H3,(H2,18,20). The van der Waals surface area contributed by atoms with Crippen molar-refractivity contribution >= 4 is 11.6 Å². The average Bonchev–Trinajstić information content (AvgIpc) is 2.46. The van der Waals surface area contributed by atoms with Gasteiger partial charge in [-0.05, 0) is 35.4 Å². The van der Waals surface area contributed by atoms with Crippen LogP contribution in [0.15, 0.2) is 42.5 Å². The van der Waals surface area contributed by atoms with E-state index in [1.54, 1.807) is 12.1 Å². The molecule has 3 N–H and O–H groups in total. The minimum Gasteiger partial charge on any atom is -0.494 e. The van der Waals surface area contributed by atoms with Crippen LogP contribution < -0.4 is 15.8 Å². The highest BCUT2D eigenvalue weighted by molar-refractivity contribution is 5.76. The van der Waals surface area contributed by atoms with Crippen LogP contribution >= 0.6 is 0 Å². The molecular weight excluding hydrogens is 271 g/mol. The Morgan fingerprint density at radius 3 is 2.43 bits per heavy atom. The van der Waals surface area contributed by atoms with Crippen molar-refractivity contribution < 1.29 is 13.9 Å². The van der Waals surface area contributed by atoms with Crippen LogP contribution in [0.1, 0.15) is 11.1 Å². The highest BCUT2D eigenvalue weighted by Gasteiger charge is 2.03. The molecule has 5 heteroatoms. The summed E-state index contributed by atoms with van der Waals surface area (Å²) in [6.45, 7) is 0.496. The predicted octanol–water partition coefficient (Wildman–Crippen LogP) is 2.47. The van der Waals surface area contributed by atoms with Gasteiger partial charge in [0.25, 0.3) is 0 Å². The maximum Gasteiger partial charge on any atom is 0.221 e. The minimum atomic E-state index is -0.381. The van der Waals surface area contributed by atoms with Crippen molar-refractivity contribution in [2.75, 3.05) is 12.4 Å². The van der Waals surface area contributed by atoms with E-state index in [1.807, 2.05) is 24.3 Å². The molecule has 2 aromatic carbocycles. The number of nitrogens with one attached hydrogen (secondary N) is 1. The van der Waals surface area contributed by atoms with Crippen LogP contribution in [0.4, 0.5) is 10.1 Å². The molecule has 0 aromatic heterocycles. The van der Waals surface area contributed by atoms with Crippen LogP contribution in [-0.4, -0.2) is 13.0 Å². The van der Waals surface area contributed by atoms with Crippen LogP contribution in [0, 0.1) is 5.82 Å². The monoisotopic (exact) mass is 288 g/mol. The molecule has 110 valence electrons. The quantitative estimate of drug-likeness (QED) is 0.858. The van der Waals surface area contributed by atoms with E-state index >= 15 is 0 Å². The summed E-state index contributed by atoms with van der Waals surface area (Å²) in [5, 5.41) is 3.18. The van der Waals surface area contributed by atoms with Crippen LogP contribution in [0.25, 0.3) is 0 Å². The lowest BCUT2D eigenvalue weighted by atomic mass is 10.1. The van der Waals surface area contributed by atoms with Crippen molar-refractivity contribution in [1.29, 1.82) is 0 Å². The number of carbonyl (C=O) groups is 1. The van der Waals surface area contributed by atoms with Gasteiger partial charge < -0.3 is 15.8 Å². The third-order valence-electron chi connectivity index (χ3n) is 3.05. The zero-order chi connectivity index (χ0) is 15.2. The van der Waals surface area contributed by atoms with E-state index in [0.29, 0.717) is 6.54 Å². The van der Waals surface area contributed by atoms with Gasteiger partial charge in [0.15, 0.2) is 11.6 Å². The molecule has 0 aliphatic rings. The van der Waals surface area contributed by atoms with E-state index in [0.717, 1.165) is 16.8 Å². The van der Waals surface area contributed by atoms with Crippen molar-refractivity contribution in [3.8, 4) is 5.75 Å². The predicted molar refractivity (Wildman–Crippen MR) is 79.6 cm³/mol. The lowest BCUT2D eigenvalue weighted by Gasteiger charge is -2.09. The molecule has 0 saturated carbocycles. The van der Waals surface area contributed by atoms with E-state index in [9.17, 15) is 9.18 Å². The Morgan fingerprint density at radius 1 is 1.19 bits per heavy atom. The van der Waals surface area contributed by atoms with E-state index in [2.05, 4.69) is 5.32 Å². The molecule has 1 amide bonds. The maximum atomic E-state index is 13.6. The Labute approximate surface area is 122 Å². The van der Waals surface area contributed by atoms with E-state index in [4.69, 9.17) is 10.5 Å². The lowest BCUT2D eigenvalue weighted by molar-refractivity contribution is -0.117. The zero-order valence-corrected chi connectivity index (χ0v) is 11.7. The molecule has 0 fully saturated rings. The summed E-state index contributed by atoms with van der Waals surface area (Å²) in [5.41, 5.74) is 7.70. The Morgan fingerprint density at radius 2 is 1.86 bits per heavy atom. The summed E-state index contributed by atoms with van der Waals surface area (Å²) in [6, 6.07) is 12.2. The highest BCUT2D eigenvalue weighted by atomic mass is 19.1. The van der Waals surface area contributed by atoms with Gasteiger partial charge in [-0.25, -0.2) is 4.39 Å². The number of hydrogen-bond acceptors (Lipinski definition) is 3. The topological polar surface area (TPSA) is 64.3 Å². The summed E-state index contributed by atoms with van der Waals surface area (Å²) in [6.07, 6.45) is 0.226. The fourth-order valence-electron chi connectivity index (χ4n) is 1.97. The first-order valence-electron chi connectivity index (χ1n) is 6.52. The maximum absolute atomic E-state index is 13.6. The number of halogens is 1. The summed E-state index contributed by atoms with van der Waals surface area (Å²) in [5.74, 6) is -0.507. The molecule has 0 heterocycles. The number of benzene rings is 2. The molecule has 2 aromatic rings. The number of ether oxygens (including phenoxy) is 1. The lowest BCUT2D eigenvalue weighted by Crippen LogP contribution is -2.13. The Hall–Kier alpha value is -2.56. The molecule has 0 aliphatic heterocycles. The first kappa shape index (κ1) is 14.8. The number of anilines is 1. The fraction of sp³-hybridized carbons (Fsp3) is 0.188. The molecule has 0 spiro atoms. The van der Waals surface area contributed by atoms with E-state index in [1.165, 1.54) is 13.2 Å². The number of hydrogen-bond donors (Lipinski definition) is 2. The van der Waals surface area contributed by atoms with Gasteiger partial charge in [0, 0.05) is 12.2 Å². The molecule has 0 atom stereocenters. The van der Waals surface area contributed by atoms with Crippen LogP contribution in [0.2, 0.25) is 0 Å². The smallest absolute Gasteiger partial charge is 0.221 e. The Balaban J connectivity index is 1.96. The van der Waals surface area contributed by atoms with Crippen molar-refractivity contribution in [3.05, 3.63) is 59.4 Å². The molecule has 0 saturated heterocycles. The average molecular weight is 288 g/mol. The minimum absolute atomic E-state index is 0.226. The molecular formula is C16H17FN2O2. The van der Waals surface area contributed by atoms with Crippen molar-refractivity contribution in [3.63, 3.8) is 0 Å². The largest absolute Gasteiger partial charge is 0.494 e. The SMILES string of the molecule is COc1ccc(CNc2ccc(CC(N)=O)cc2)cc1F. The van der Waals surface area contributed by atoms with Gasteiger partial charge in [-0.2, -0.15) is 0 Å². The van der Waals surface area contributed by atoms with Crippen LogP contribution in [0.3, 0.4) is 0 Å². The molecule has 0 aliphatic carbocycles. The molecule has 0 radical (unpaired) electrons. The van der Waals surface area contributed by atoms with Crippen LogP contribution in [0.5, 0.6) is 5.75 Å². The van der Waals surface area contributed by atoms with Gasteiger partial charge in [0.05, 0.1) is 13.5 Å². The second-order valence-electron chi connectivity index (χ2n) is 4.66. The third kappa shape index (κ3) is 4.21. The van der Waals surface area contributed by atoms with Gasteiger partial charge >= 0.3 is 0 Å². The fourth-order valence-corrected chi connectivity index (χ4v) is 1.97. The van der Waals surface area contributed by atoms with Gasteiger partial charge in [-0.15, -0.1) is 0 Å². The number of nitrogens with two attached hydrogens (primary N) is 1. The van der Waals surface area contributed by atoms with Crippen LogP contribution in [-0.2, 0) is 17.8 Å². The summed E-state index contributed by atoms with van der Waals surface area (Å²) in [7, 11) is 1.43. The Kier molecular flexibility index (Phi) is 4.77. The van der Waals surface area contributed by atoms with Crippen molar-refractivity contribution in [2.45, 2.75) is 13.0 Å². The second-order valence-corrected chi connectivity index (χ2v) is 4.66. The second kappa shape index (κ2) is 6.74. The van der Waals surface area contributed by atoms with E-state index in [-0.39, 0.29) is 23.9 Å². The van der Waals surface area contributed by atoms with Gasteiger partial charge in [0.2, 0.25) is 5.91 Å². The van der Waals surface area contributed by atoms with Crippen molar-refractivity contribution in [2.24, 2.45) is 5.73 Å². The zero-order valence-electron chi connectivity index (χ0n) is 11.7. The number of carbonyl (C=O) groups excluding carboxylic acids is 1.